The van der Waals surface area contributed by atoms with Crippen molar-refractivity contribution in [1.29, 1.82) is 0 Å². The number of hydrogen-bond acceptors (Lipinski definition) is 3. The van der Waals surface area contributed by atoms with Crippen molar-refractivity contribution in [1.82, 2.24) is 0 Å². The normalized spacial score (nSPS) is 39.2. The number of ether oxygens (including phenoxy) is 2. The fourth-order valence-electron chi connectivity index (χ4n) is 1.18. The Morgan fingerprint density at radius 3 is 3.40 bits per heavy atom. The number of thioether (sulfide) groups is 1. The van der Waals surface area contributed by atoms with Gasteiger partial charge in [0.1, 0.15) is 6.79 Å². The van der Waals surface area contributed by atoms with Crippen molar-refractivity contribution in [2.45, 2.75) is 11.4 Å². The average Bonchev–Trinajstić information content (AvgIpc) is 2.05. The molecule has 1 saturated heterocycles. The zero-order valence-corrected chi connectivity index (χ0v) is 6.47. The highest BCUT2D eigenvalue weighted by atomic mass is 32.2. The fraction of sp³-hybridized carbons (Fsp3) is 0.714. The van der Waals surface area contributed by atoms with Gasteiger partial charge < -0.3 is 9.47 Å². The van der Waals surface area contributed by atoms with Crippen LogP contribution in [0.1, 0.15) is 0 Å². The summed E-state index contributed by atoms with van der Waals surface area (Å²) in [5.41, 5.74) is 0. The van der Waals surface area contributed by atoms with Crippen LogP contribution in [0.2, 0.25) is 0 Å². The molecular weight excluding hydrogens is 148 g/mol. The number of fused-ring (bicyclic) bond motifs is 1. The van der Waals surface area contributed by atoms with E-state index in [2.05, 4.69) is 12.2 Å². The Balaban J connectivity index is 2.03. The summed E-state index contributed by atoms with van der Waals surface area (Å²) in [4.78, 5) is 0. The summed E-state index contributed by atoms with van der Waals surface area (Å²) in [7, 11) is 0. The van der Waals surface area contributed by atoms with Crippen LogP contribution >= 0.6 is 11.8 Å². The molecule has 0 spiro atoms. The van der Waals surface area contributed by atoms with Crippen LogP contribution in [0.5, 0.6) is 0 Å². The Kier molecular flexibility index (Phi) is 1.97. The van der Waals surface area contributed by atoms with Crippen LogP contribution in [0.4, 0.5) is 0 Å². The first-order chi connectivity index (χ1) is 4.97. The van der Waals surface area contributed by atoms with E-state index >= 15 is 0 Å². The van der Waals surface area contributed by atoms with Crippen molar-refractivity contribution in [3.05, 3.63) is 12.2 Å². The van der Waals surface area contributed by atoms with E-state index in [9.17, 15) is 0 Å². The van der Waals surface area contributed by atoms with E-state index in [1.54, 1.807) is 0 Å². The van der Waals surface area contributed by atoms with E-state index in [1.807, 2.05) is 11.8 Å². The Bertz CT molecular complexity index is 147. The van der Waals surface area contributed by atoms with Crippen LogP contribution in [0.3, 0.4) is 0 Å². The molecular formula is C7H10O2S. The molecule has 1 fully saturated rings. The van der Waals surface area contributed by atoms with E-state index in [0.717, 1.165) is 12.4 Å². The van der Waals surface area contributed by atoms with Gasteiger partial charge in [-0.1, -0.05) is 12.2 Å². The Morgan fingerprint density at radius 2 is 2.50 bits per heavy atom. The quantitative estimate of drug-likeness (QED) is 0.491. The molecule has 2 aliphatic heterocycles. The van der Waals surface area contributed by atoms with Gasteiger partial charge in [-0.3, -0.25) is 0 Å². The lowest BCUT2D eigenvalue weighted by Crippen LogP contribution is -2.36. The van der Waals surface area contributed by atoms with E-state index in [1.165, 1.54) is 0 Å². The first-order valence-electron chi connectivity index (χ1n) is 3.44. The first kappa shape index (κ1) is 6.70. The number of rotatable bonds is 0. The zero-order valence-electron chi connectivity index (χ0n) is 5.66. The zero-order chi connectivity index (χ0) is 6.81. The second kappa shape index (κ2) is 2.95. The van der Waals surface area contributed by atoms with E-state index < -0.39 is 0 Å². The van der Waals surface area contributed by atoms with E-state index in [4.69, 9.17) is 9.47 Å². The highest BCUT2D eigenvalue weighted by Crippen LogP contribution is 2.25. The minimum atomic E-state index is 0.312. The van der Waals surface area contributed by atoms with Gasteiger partial charge in [0, 0.05) is 5.75 Å². The summed E-state index contributed by atoms with van der Waals surface area (Å²) in [6.07, 6.45) is 4.62. The lowest BCUT2D eigenvalue weighted by atomic mass is 10.2. The molecule has 0 saturated carbocycles. The summed E-state index contributed by atoms with van der Waals surface area (Å²) in [5, 5.41) is 0.541. The van der Waals surface area contributed by atoms with Gasteiger partial charge in [-0.2, -0.15) is 0 Å². The molecule has 0 aromatic carbocycles. The van der Waals surface area contributed by atoms with Gasteiger partial charge in [0.15, 0.2) is 0 Å². The van der Waals surface area contributed by atoms with Crippen LogP contribution < -0.4 is 0 Å². The molecule has 0 amide bonds. The summed E-state index contributed by atoms with van der Waals surface area (Å²) >= 11 is 1.91. The molecule has 2 heterocycles. The summed E-state index contributed by atoms with van der Waals surface area (Å²) in [5.74, 6) is 1.11. The van der Waals surface area contributed by atoms with Crippen molar-refractivity contribution in [2.24, 2.45) is 0 Å². The second-order valence-electron chi connectivity index (χ2n) is 2.42. The molecule has 0 aromatic heterocycles. The van der Waals surface area contributed by atoms with E-state index in [-0.39, 0.29) is 0 Å². The second-order valence-corrected chi connectivity index (χ2v) is 3.69. The molecule has 10 heavy (non-hydrogen) atoms. The predicted molar refractivity (Wildman–Crippen MR) is 41.1 cm³/mol. The molecule has 2 rings (SSSR count). The smallest absolute Gasteiger partial charge is 0.147 e. The minimum absolute atomic E-state index is 0.312. The Labute approximate surface area is 64.6 Å². The third kappa shape index (κ3) is 1.21. The Hall–Kier alpha value is 0.0100. The van der Waals surface area contributed by atoms with Crippen LogP contribution in [-0.4, -0.2) is 30.5 Å². The maximum Gasteiger partial charge on any atom is 0.147 e. The molecule has 2 nitrogen and oxygen atoms in total. The van der Waals surface area contributed by atoms with Crippen molar-refractivity contribution in [2.75, 3.05) is 19.2 Å². The molecule has 0 radical (unpaired) electrons. The molecule has 0 unspecified atom stereocenters. The maximum atomic E-state index is 5.35. The van der Waals surface area contributed by atoms with Crippen molar-refractivity contribution < 1.29 is 9.47 Å². The molecule has 3 heteroatoms. The molecule has 0 aromatic rings. The van der Waals surface area contributed by atoms with Crippen molar-refractivity contribution in [3.8, 4) is 0 Å². The Morgan fingerprint density at radius 1 is 1.50 bits per heavy atom. The van der Waals surface area contributed by atoms with Gasteiger partial charge in [-0.15, -0.1) is 11.8 Å². The van der Waals surface area contributed by atoms with Gasteiger partial charge >= 0.3 is 0 Å². The summed E-state index contributed by atoms with van der Waals surface area (Å²) in [6, 6.07) is 0. The largest absolute Gasteiger partial charge is 0.354 e. The molecule has 56 valence electrons. The monoisotopic (exact) mass is 158 g/mol. The van der Waals surface area contributed by atoms with Crippen LogP contribution in [0.25, 0.3) is 0 Å². The minimum Gasteiger partial charge on any atom is -0.354 e. The SMILES string of the molecule is C1=C[C@H]2OCOC[C@H]2SC1. The van der Waals surface area contributed by atoms with Crippen LogP contribution in [0.15, 0.2) is 12.2 Å². The summed E-state index contributed by atoms with van der Waals surface area (Å²) < 4.78 is 10.5. The van der Waals surface area contributed by atoms with Gasteiger partial charge in [-0.05, 0) is 0 Å². The van der Waals surface area contributed by atoms with Gasteiger partial charge in [0.2, 0.25) is 0 Å². The van der Waals surface area contributed by atoms with Gasteiger partial charge in [0.05, 0.1) is 18.0 Å². The third-order valence-electron chi connectivity index (χ3n) is 1.72. The fourth-order valence-corrected chi connectivity index (χ4v) is 2.21. The summed E-state index contributed by atoms with van der Waals surface area (Å²) in [6.45, 7) is 1.31. The molecule has 0 N–H and O–H groups in total. The predicted octanol–water partition coefficient (Wildman–Crippen LogP) is 1.03. The first-order valence-corrected chi connectivity index (χ1v) is 4.49. The highest BCUT2D eigenvalue weighted by Gasteiger charge is 2.26. The number of hydrogen-bond donors (Lipinski definition) is 0. The lowest BCUT2D eigenvalue weighted by Gasteiger charge is -2.31. The van der Waals surface area contributed by atoms with Crippen molar-refractivity contribution >= 4 is 11.8 Å². The molecule has 2 atom stereocenters. The van der Waals surface area contributed by atoms with Gasteiger partial charge in [0.25, 0.3) is 0 Å². The van der Waals surface area contributed by atoms with Crippen LogP contribution in [-0.2, 0) is 9.47 Å². The maximum absolute atomic E-state index is 5.35. The standard InChI is InChI=1S/C7H10O2S/c1-2-6-7(10-3-1)4-8-5-9-6/h1-2,6-7H,3-5H2/t6-,7-/m1/s1. The third-order valence-corrected chi connectivity index (χ3v) is 2.94. The lowest BCUT2D eigenvalue weighted by molar-refractivity contribution is -0.119. The van der Waals surface area contributed by atoms with Gasteiger partial charge in [-0.25, -0.2) is 0 Å². The van der Waals surface area contributed by atoms with E-state index in [0.29, 0.717) is 18.1 Å². The average molecular weight is 158 g/mol. The highest BCUT2D eigenvalue weighted by molar-refractivity contribution is 8.00. The molecule has 2 aliphatic rings. The topological polar surface area (TPSA) is 18.5 Å². The van der Waals surface area contributed by atoms with Crippen molar-refractivity contribution in [3.63, 3.8) is 0 Å². The molecule has 0 bridgehead atoms. The molecule has 0 aliphatic carbocycles. The van der Waals surface area contributed by atoms with Crippen LogP contribution in [0, 0.1) is 0 Å².